The summed E-state index contributed by atoms with van der Waals surface area (Å²) in [6.45, 7) is 5.47. The van der Waals surface area contributed by atoms with Gasteiger partial charge in [0.2, 0.25) is 5.91 Å². The second-order valence-electron chi connectivity index (χ2n) is 8.68. The third kappa shape index (κ3) is 6.27. The van der Waals surface area contributed by atoms with Crippen LogP contribution in [0.1, 0.15) is 16.7 Å². The number of halogens is 1. The summed E-state index contributed by atoms with van der Waals surface area (Å²) in [6, 6.07) is 24.6. The zero-order valence-corrected chi connectivity index (χ0v) is 22.4. The Hall–Kier alpha value is -3.30. The van der Waals surface area contributed by atoms with Gasteiger partial charge in [0.1, 0.15) is 0 Å². The maximum atomic E-state index is 12.5. The van der Waals surface area contributed by atoms with Crippen LogP contribution in [-0.2, 0) is 16.0 Å². The van der Waals surface area contributed by atoms with Crippen LogP contribution in [0.5, 0.6) is 0 Å². The molecule has 2 heterocycles. The van der Waals surface area contributed by atoms with E-state index in [9.17, 15) is 4.79 Å². The van der Waals surface area contributed by atoms with Gasteiger partial charge in [0.05, 0.1) is 19.6 Å². The molecule has 5 rings (SSSR count). The first kappa shape index (κ1) is 24.4. The van der Waals surface area contributed by atoms with Crippen molar-refractivity contribution < 1.29 is 9.53 Å². The highest BCUT2D eigenvalue weighted by atomic mass is 127. The Kier molecular flexibility index (Phi) is 7.88. The number of amides is 1. The van der Waals surface area contributed by atoms with Crippen LogP contribution in [0.2, 0.25) is 0 Å². The van der Waals surface area contributed by atoms with Crippen LogP contribution in [0.4, 0.5) is 17.1 Å². The van der Waals surface area contributed by atoms with Crippen LogP contribution in [0.3, 0.4) is 0 Å². The van der Waals surface area contributed by atoms with Gasteiger partial charge in [-0.1, -0.05) is 36.4 Å². The Balaban J connectivity index is 1.19. The van der Waals surface area contributed by atoms with Gasteiger partial charge >= 0.3 is 0 Å². The highest BCUT2D eigenvalue weighted by Gasteiger charge is 2.12. The number of carbonyl (C=O) groups excluding carboxylic acids is 1. The number of nitrogens with one attached hydrogen (secondary N) is 2. The van der Waals surface area contributed by atoms with Gasteiger partial charge in [0.25, 0.3) is 0 Å². The van der Waals surface area contributed by atoms with Crippen molar-refractivity contribution in [2.45, 2.75) is 13.3 Å². The van der Waals surface area contributed by atoms with Gasteiger partial charge in [-0.3, -0.25) is 4.79 Å². The number of morpholine rings is 1. The molecule has 2 aliphatic rings. The highest BCUT2D eigenvalue weighted by molar-refractivity contribution is 14.2. The number of ether oxygens (including phenoxy) is 1. The molecular formula is C29H29IN4O2. The van der Waals surface area contributed by atoms with E-state index in [0.717, 1.165) is 58.1 Å². The largest absolute Gasteiger partial charge is 0.378 e. The van der Waals surface area contributed by atoms with Crippen LogP contribution in [0, 0.1) is 6.92 Å². The predicted molar refractivity (Wildman–Crippen MR) is 159 cm³/mol. The van der Waals surface area contributed by atoms with E-state index in [1.54, 1.807) is 0 Å². The van der Waals surface area contributed by atoms with Gasteiger partial charge in [-0.15, -0.1) is 0 Å². The van der Waals surface area contributed by atoms with E-state index in [0.29, 0.717) is 6.42 Å². The molecule has 0 bridgehead atoms. The molecule has 1 amide bonds. The van der Waals surface area contributed by atoms with Gasteiger partial charge in [-0.2, -0.15) is 0 Å². The molecule has 0 saturated carbocycles. The molecule has 2 aliphatic heterocycles. The van der Waals surface area contributed by atoms with Crippen LogP contribution in [0.25, 0.3) is 3.58 Å². The van der Waals surface area contributed by atoms with Crippen molar-refractivity contribution in [1.29, 1.82) is 0 Å². The lowest BCUT2D eigenvalue weighted by atomic mass is 10.1. The summed E-state index contributed by atoms with van der Waals surface area (Å²) in [5.41, 5.74) is 6.42. The smallest absolute Gasteiger partial charge is 0.228 e. The van der Waals surface area contributed by atoms with Crippen LogP contribution in [-0.4, -0.2) is 42.2 Å². The lowest BCUT2D eigenvalue weighted by molar-refractivity contribution is -0.115. The van der Waals surface area contributed by atoms with Gasteiger partial charge < -0.3 is 20.3 Å². The standard InChI is InChI=1S/C29H29IN4O2/c1-21-4-2-3-5-23(21)20-28(35)32-24-8-6-22(7-9-24)27-14-15-31-29(30-27)33-25-10-12-26(13-11-25)34-16-18-36-19-17-34/h2-15H,16-20H2,1H3,(H,31,33)(H,32,35). The van der Waals surface area contributed by atoms with Crippen molar-refractivity contribution in [2.75, 3.05) is 41.8 Å². The molecule has 184 valence electrons. The fourth-order valence-electron chi connectivity index (χ4n) is 4.12. The fraction of sp³-hybridized carbons (Fsp3) is 0.207. The Bertz CT molecular complexity index is 1310. The summed E-state index contributed by atoms with van der Waals surface area (Å²) in [7, 11) is 0. The first-order valence-electron chi connectivity index (χ1n) is 12.0. The average Bonchev–Trinajstić information content (AvgIpc) is 2.91. The van der Waals surface area contributed by atoms with Crippen LogP contribution >= 0.6 is 20.7 Å². The van der Waals surface area contributed by atoms with E-state index in [-0.39, 0.29) is 5.91 Å². The first-order chi connectivity index (χ1) is 17.6. The van der Waals surface area contributed by atoms with E-state index >= 15 is 0 Å². The van der Waals surface area contributed by atoms with Crippen molar-refractivity contribution in [2.24, 2.45) is 4.99 Å². The topological polar surface area (TPSA) is 66.0 Å². The Morgan fingerprint density at radius 2 is 1.69 bits per heavy atom. The summed E-state index contributed by atoms with van der Waals surface area (Å²) >= 11 is -0.453. The quantitative estimate of drug-likeness (QED) is 0.351. The van der Waals surface area contributed by atoms with Gasteiger partial charge in [-0.05, 0) is 86.8 Å². The number of anilines is 3. The Morgan fingerprint density at radius 3 is 2.44 bits per heavy atom. The summed E-state index contributed by atoms with van der Waals surface area (Å²) < 4.78 is 7.75. The number of nitrogens with zero attached hydrogens (tertiary/aromatic N) is 2. The lowest BCUT2D eigenvalue weighted by Crippen LogP contribution is -2.36. The number of allylic oxidation sites excluding steroid dienone is 1. The number of benzene rings is 3. The molecule has 0 spiro atoms. The molecule has 0 radical (unpaired) electrons. The first-order valence-corrected chi connectivity index (χ1v) is 14.2. The lowest BCUT2D eigenvalue weighted by Gasteiger charge is -2.28. The van der Waals surface area contributed by atoms with Crippen molar-refractivity contribution in [3.8, 4) is 0 Å². The molecule has 0 aliphatic carbocycles. The minimum absolute atomic E-state index is 0.00653. The molecule has 1 saturated heterocycles. The van der Waals surface area contributed by atoms with E-state index in [1.165, 1.54) is 9.27 Å². The zero-order valence-electron chi connectivity index (χ0n) is 20.2. The molecule has 0 unspecified atom stereocenters. The van der Waals surface area contributed by atoms with Gasteiger partial charge in [0, 0.05) is 39.9 Å². The SMILES string of the molecule is Cc1ccccc1CC(=O)Nc1ccc(C2=CC=NC(Nc3ccc(N4CCOCC4)cc3)=I2)cc1. The van der Waals surface area contributed by atoms with E-state index in [1.807, 2.05) is 49.5 Å². The van der Waals surface area contributed by atoms with E-state index < -0.39 is 20.7 Å². The minimum atomic E-state index is -0.453. The van der Waals surface area contributed by atoms with Gasteiger partial charge in [0.15, 0.2) is 3.76 Å². The molecule has 2 N–H and O–H groups in total. The minimum Gasteiger partial charge on any atom is -0.378 e. The molecule has 1 fully saturated rings. The summed E-state index contributed by atoms with van der Waals surface area (Å²) in [6.07, 6.45) is 4.32. The van der Waals surface area contributed by atoms with E-state index in [2.05, 4.69) is 63.0 Å². The number of hydrogen-bond donors (Lipinski definition) is 2. The van der Waals surface area contributed by atoms with Crippen molar-refractivity contribution in [3.05, 3.63) is 95.6 Å². The molecule has 0 aromatic heterocycles. The number of aliphatic imine (C=N–C) groups is 1. The summed E-state index contributed by atoms with van der Waals surface area (Å²) in [4.78, 5) is 19.4. The fourth-order valence-corrected chi connectivity index (χ4v) is 6.43. The molecule has 7 heteroatoms. The third-order valence-corrected chi connectivity index (χ3v) is 8.77. The molecule has 3 aromatic rings. The number of hydrogen-bond acceptors (Lipinski definition) is 5. The third-order valence-electron chi connectivity index (χ3n) is 6.15. The molecule has 36 heavy (non-hydrogen) atoms. The van der Waals surface area contributed by atoms with Crippen LogP contribution in [0.15, 0.2) is 83.9 Å². The van der Waals surface area contributed by atoms with Crippen molar-refractivity contribution in [1.82, 2.24) is 0 Å². The molecule has 3 aromatic carbocycles. The Labute approximate surface area is 221 Å². The van der Waals surface area contributed by atoms with E-state index in [4.69, 9.17) is 4.74 Å². The van der Waals surface area contributed by atoms with Gasteiger partial charge in [-0.25, -0.2) is 4.99 Å². The second kappa shape index (κ2) is 11.6. The molecular weight excluding hydrogens is 563 g/mol. The molecule has 0 atom stereocenters. The summed E-state index contributed by atoms with van der Waals surface area (Å²) in [5.74, 6) is -0.00653. The van der Waals surface area contributed by atoms with Crippen molar-refractivity contribution >= 4 is 57.3 Å². The number of carbonyl (C=O) groups is 1. The average molecular weight is 592 g/mol. The maximum absolute atomic E-state index is 12.5. The van der Waals surface area contributed by atoms with Crippen molar-refractivity contribution in [3.63, 3.8) is 0 Å². The normalized spacial score (nSPS) is 15.4. The number of aryl methyl sites for hydroxylation is 1. The predicted octanol–water partition coefficient (Wildman–Crippen LogP) is 5.61. The monoisotopic (exact) mass is 592 g/mol. The highest BCUT2D eigenvalue weighted by Crippen LogP contribution is 2.31. The second-order valence-corrected chi connectivity index (χ2v) is 11.4. The summed E-state index contributed by atoms with van der Waals surface area (Å²) in [5, 5.41) is 6.52. The Morgan fingerprint density at radius 1 is 0.972 bits per heavy atom. The zero-order chi connectivity index (χ0) is 24.7. The van der Waals surface area contributed by atoms with Crippen LogP contribution < -0.4 is 15.5 Å². The maximum Gasteiger partial charge on any atom is 0.228 e. The molecule has 6 nitrogen and oxygen atoms in total. The number of rotatable bonds is 7.